The van der Waals surface area contributed by atoms with Crippen molar-refractivity contribution in [1.82, 2.24) is 9.88 Å². The summed E-state index contributed by atoms with van der Waals surface area (Å²) in [5.74, 6) is 0.216. The average Bonchev–Trinajstić information content (AvgIpc) is 3.06. The molecule has 2 heterocycles. The van der Waals surface area contributed by atoms with Crippen LogP contribution in [0.2, 0.25) is 0 Å². The number of esters is 1. The van der Waals surface area contributed by atoms with Crippen LogP contribution in [0.25, 0.3) is 5.70 Å². The SMILES string of the molecule is C=C1c2ccccc2C(=O)N1CCC(=O)OCc1ccc(OCc2ccccn2)cc1. The lowest BCUT2D eigenvalue weighted by Gasteiger charge is -2.16. The highest BCUT2D eigenvalue weighted by molar-refractivity contribution is 6.08. The van der Waals surface area contributed by atoms with Gasteiger partial charge in [-0.15, -0.1) is 0 Å². The molecule has 0 bridgehead atoms. The van der Waals surface area contributed by atoms with E-state index in [-0.39, 0.29) is 31.4 Å². The first-order chi connectivity index (χ1) is 15.1. The molecular formula is C25H22N2O4. The molecule has 3 aromatic rings. The number of ether oxygens (including phenoxy) is 2. The van der Waals surface area contributed by atoms with Gasteiger partial charge < -0.3 is 14.4 Å². The molecule has 1 amide bonds. The van der Waals surface area contributed by atoms with E-state index in [2.05, 4.69) is 11.6 Å². The second-order valence-corrected chi connectivity index (χ2v) is 7.11. The van der Waals surface area contributed by atoms with Crippen molar-refractivity contribution in [3.05, 3.63) is 102 Å². The van der Waals surface area contributed by atoms with Gasteiger partial charge in [-0.1, -0.05) is 43.0 Å². The number of hydrogen-bond acceptors (Lipinski definition) is 5. The summed E-state index contributed by atoms with van der Waals surface area (Å²) in [5.41, 5.74) is 3.75. The summed E-state index contributed by atoms with van der Waals surface area (Å²) in [6.45, 7) is 4.77. The molecule has 1 aliphatic heterocycles. The molecule has 0 radical (unpaired) electrons. The zero-order valence-corrected chi connectivity index (χ0v) is 17.0. The van der Waals surface area contributed by atoms with Crippen molar-refractivity contribution in [3.63, 3.8) is 0 Å². The third-order valence-corrected chi connectivity index (χ3v) is 5.01. The number of nitrogens with zero attached hydrogens (tertiary/aromatic N) is 2. The number of hydrogen-bond donors (Lipinski definition) is 0. The second kappa shape index (κ2) is 9.26. The van der Waals surface area contributed by atoms with Crippen LogP contribution < -0.4 is 4.74 Å². The number of benzene rings is 2. The maximum absolute atomic E-state index is 12.5. The molecule has 0 unspecified atom stereocenters. The van der Waals surface area contributed by atoms with E-state index in [1.807, 2.05) is 60.7 Å². The number of rotatable bonds is 8. The topological polar surface area (TPSA) is 68.7 Å². The van der Waals surface area contributed by atoms with E-state index in [1.54, 1.807) is 12.3 Å². The lowest BCUT2D eigenvalue weighted by molar-refractivity contribution is -0.145. The van der Waals surface area contributed by atoms with Gasteiger partial charge in [-0.25, -0.2) is 0 Å². The number of carbonyl (C=O) groups excluding carboxylic acids is 2. The van der Waals surface area contributed by atoms with Crippen LogP contribution in [0.5, 0.6) is 5.75 Å². The van der Waals surface area contributed by atoms with Gasteiger partial charge in [-0.05, 0) is 35.9 Å². The first kappa shape index (κ1) is 20.3. The van der Waals surface area contributed by atoms with Crippen molar-refractivity contribution in [2.45, 2.75) is 19.6 Å². The first-order valence-electron chi connectivity index (χ1n) is 9.99. The molecular weight excluding hydrogens is 392 g/mol. The Kier molecular flexibility index (Phi) is 6.08. The lowest BCUT2D eigenvalue weighted by atomic mass is 10.1. The molecule has 0 N–H and O–H groups in total. The molecule has 2 aromatic carbocycles. The summed E-state index contributed by atoms with van der Waals surface area (Å²) in [4.78, 5) is 30.4. The zero-order valence-electron chi connectivity index (χ0n) is 17.0. The van der Waals surface area contributed by atoms with E-state index < -0.39 is 0 Å². The molecule has 0 atom stereocenters. The fraction of sp³-hybridized carbons (Fsp3) is 0.160. The minimum atomic E-state index is -0.368. The predicted octanol–water partition coefficient (Wildman–Crippen LogP) is 4.22. The van der Waals surface area contributed by atoms with Gasteiger partial charge in [-0.2, -0.15) is 0 Å². The smallest absolute Gasteiger partial charge is 0.307 e. The Balaban J connectivity index is 1.22. The maximum atomic E-state index is 12.5. The van der Waals surface area contributed by atoms with Crippen molar-refractivity contribution in [2.75, 3.05) is 6.54 Å². The van der Waals surface area contributed by atoms with Crippen molar-refractivity contribution in [1.29, 1.82) is 0 Å². The summed E-state index contributed by atoms with van der Waals surface area (Å²) in [6, 6.07) is 20.3. The molecule has 0 spiro atoms. The zero-order chi connectivity index (χ0) is 21.6. The molecule has 6 nitrogen and oxygen atoms in total. The molecule has 0 fully saturated rings. The second-order valence-electron chi connectivity index (χ2n) is 7.11. The Morgan fingerprint density at radius 1 is 0.935 bits per heavy atom. The largest absolute Gasteiger partial charge is 0.487 e. The van der Waals surface area contributed by atoms with E-state index in [1.165, 1.54) is 4.90 Å². The number of carbonyl (C=O) groups is 2. The highest BCUT2D eigenvalue weighted by Crippen LogP contribution is 2.31. The maximum Gasteiger partial charge on any atom is 0.307 e. The third-order valence-electron chi connectivity index (χ3n) is 5.01. The molecule has 1 aliphatic rings. The third kappa shape index (κ3) is 4.80. The normalized spacial score (nSPS) is 12.6. The molecule has 0 saturated heterocycles. The molecule has 4 rings (SSSR count). The van der Waals surface area contributed by atoms with E-state index in [9.17, 15) is 9.59 Å². The molecule has 1 aromatic heterocycles. The number of fused-ring (bicyclic) bond motifs is 1. The van der Waals surface area contributed by atoms with Gasteiger partial charge in [0.1, 0.15) is 19.0 Å². The van der Waals surface area contributed by atoms with Crippen LogP contribution in [0.4, 0.5) is 0 Å². The Hall–Kier alpha value is -3.93. The van der Waals surface area contributed by atoms with Crippen LogP contribution in [0.15, 0.2) is 79.5 Å². The summed E-state index contributed by atoms with van der Waals surface area (Å²) in [7, 11) is 0. The minimum Gasteiger partial charge on any atom is -0.487 e. The van der Waals surface area contributed by atoms with E-state index in [4.69, 9.17) is 9.47 Å². The number of amides is 1. The van der Waals surface area contributed by atoms with Gasteiger partial charge in [-0.3, -0.25) is 14.6 Å². The van der Waals surface area contributed by atoms with Crippen LogP contribution in [-0.2, 0) is 22.7 Å². The highest BCUT2D eigenvalue weighted by Gasteiger charge is 2.30. The van der Waals surface area contributed by atoms with E-state index in [0.717, 1.165) is 16.8 Å². The van der Waals surface area contributed by atoms with E-state index in [0.29, 0.717) is 23.6 Å². The Bertz CT molecular complexity index is 1060. The van der Waals surface area contributed by atoms with Crippen molar-refractivity contribution in [2.24, 2.45) is 0 Å². The quantitative estimate of drug-likeness (QED) is 0.516. The average molecular weight is 414 g/mol. The Morgan fingerprint density at radius 3 is 2.39 bits per heavy atom. The van der Waals surface area contributed by atoms with Crippen molar-refractivity contribution in [3.8, 4) is 5.75 Å². The first-order valence-corrected chi connectivity index (χ1v) is 9.99. The van der Waals surface area contributed by atoms with Gasteiger partial charge in [0.05, 0.1) is 12.1 Å². The van der Waals surface area contributed by atoms with Gasteiger partial charge >= 0.3 is 5.97 Å². The lowest BCUT2D eigenvalue weighted by Crippen LogP contribution is -2.26. The molecule has 156 valence electrons. The standard InChI is InChI=1S/C25H22N2O4/c1-18-22-7-2-3-8-23(22)25(29)27(18)15-13-24(28)31-16-19-9-11-21(12-10-19)30-17-20-6-4-5-14-26-20/h2-12,14H,1,13,15-17H2. The van der Waals surface area contributed by atoms with Gasteiger partial charge in [0.15, 0.2) is 0 Å². The minimum absolute atomic E-state index is 0.101. The van der Waals surface area contributed by atoms with Crippen LogP contribution in [0.3, 0.4) is 0 Å². The van der Waals surface area contributed by atoms with Crippen LogP contribution in [0.1, 0.15) is 33.6 Å². The monoisotopic (exact) mass is 414 g/mol. The van der Waals surface area contributed by atoms with Crippen LogP contribution >= 0.6 is 0 Å². The van der Waals surface area contributed by atoms with Crippen LogP contribution in [0, 0.1) is 0 Å². The van der Waals surface area contributed by atoms with Gasteiger partial charge in [0.25, 0.3) is 5.91 Å². The molecule has 0 saturated carbocycles. The summed E-state index contributed by atoms with van der Waals surface area (Å²) in [5, 5.41) is 0. The highest BCUT2D eigenvalue weighted by atomic mass is 16.5. The Labute approximate surface area is 180 Å². The number of aromatic nitrogens is 1. The fourth-order valence-electron chi connectivity index (χ4n) is 3.33. The fourth-order valence-corrected chi connectivity index (χ4v) is 3.33. The summed E-state index contributed by atoms with van der Waals surface area (Å²) >= 11 is 0. The van der Waals surface area contributed by atoms with Crippen LogP contribution in [-0.4, -0.2) is 28.3 Å². The molecule has 31 heavy (non-hydrogen) atoms. The summed E-state index contributed by atoms with van der Waals surface area (Å²) < 4.78 is 11.0. The predicted molar refractivity (Wildman–Crippen MR) is 116 cm³/mol. The van der Waals surface area contributed by atoms with Crippen molar-refractivity contribution < 1.29 is 19.1 Å². The van der Waals surface area contributed by atoms with Gasteiger partial charge in [0, 0.05) is 29.6 Å². The van der Waals surface area contributed by atoms with Crippen molar-refractivity contribution >= 4 is 17.6 Å². The molecule has 6 heteroatoms. The summed E-state index contributed by atoms with van der Waals surface area (Å²) in [6.07, 6.45) is 1.83. The van der Waals surface area contributed by atoms with E-state index >= 15 is 0 Å². The van der Waals surface area contributed by atoms with Gasteiger partial charge in [0.2, 0.25) is 0 Å². The number of pyridine rings is 1. The Morgan fingerprint density at radius 2 is 1.68 bits per heavy atom. The molecule has 0 aliphatic carbocycles.